The van der Waals surface area contributed by atoms with Gasteiger partial charge >= 0.3 is 6.03 Å². The van der Waals surface area contributed by atoms with Crippen LogP contribution in [0.3, 0.4) is 0 Å². The molecule has 0 aromatic heterocycles. The van der Waals surface area contributed by atoms with E-state index in [0.29, 0.717) is 18.2 Å². The van der Waals surface area contributed by atoms with Gasteiger partial charge in [0.25, 0.3) is 0 Å². The Balaban J connectivity index is 1.24. The fourth-order valence-corrected chi connectivity index (χ4v) is 4.72. The minimum Gasteiger partial charge on any atom is -0.508 e. The zero-order chi connectivity index (χ0) is 20.4. The normalized spacial score (nSPS) is 18.2. The predicted molar refractivity (Wildman–Crippen MR) is 115 cm³/mol. The number of nitrogens with one attached hydrogen (secondary N) is 1. The van der Waals surface area contributed by atoms with Crippen LogP contribution in [0.1, 0.15) is 28.7 Å². The third kappa shape index (κ3) is 4.56. The van der Waals surface area contributed by atoms with Gasteiger partial charge in [-0.3, -0.25) is 0 Å². The molecular weight excluding hydrogens is 362 g/mol. The van der Waals surface area contributed by atoms with Gasteiger partial charge in [-0.15, -0.1) is 0 Å². The van der Waals surface area contributed by atoms with Gasteiger partial charge < -0.3 is 20.2 Å². The summed E-state index contributed by atoms with van der Waals surface area (Å²) in [7, 11) is 3.80. The fraction of sp³-hybridized carbons (Fsp3) is 0.458. The summed E-state index contributed by atoms with van der Waals surface area (Å²) in [5.74, 6) is 0.948. The Labute approximate surface area is 173 Å². The molecule has 1 heterocycles. The first kappa shape index (κ1) is 19.8. The number of carbonyl (C=O) groups excluding carboxylic acids is 1. The number of amides is 2. The smallest absolute Gasteiger partial charge is 0.319 e. The average molecular weight is 394 g/mol. The van der Waals surface area contributed by atoms with Crippen molar-refractivity contribution >= 4 is 6.03 Å². The standard InChI is InChI=1S/C24H31N3O2/c1-26(10-9-17-11-18-5-3-4-6-19(18)12-17)24(29)27(2)16-22-13-20-7-8-23(28)14-21(20)15-25-22/h3-8,14,17,22,25,28H,9-13,15-16H2,1-2H3/t22-/m0/s1. The number of phenols is 1. The number of urea groups is 1. The van der Waals surface area contributed by atoms with Crippen LogP contribution in [-0.4, -0.2) is 54.2 Å². The van der Waals surface area contributed by atoms with Crippen LogP contribution in [0.2, 0.25) is 0 Å². The van der Waals surface area contributed by atoms with E-state index in [4.69, 9.17) is 0 Å². The lowest BCUT2D eigenvalue weighted by molar-refractivity contribution is 0.165. The lowest BCUT2D eigenvalue weighted by Gasteiger charge is -2.32. The molecule has 0 spiro atoms. The van der Waals surface area contributed by atoms with Crippen molar-refractivity contribution in [2.75, 3.05) is 27.2 Å². The molecule has 5 nitrogen and oxygen atoms in total. The summed E-state index contributed by atoms with van der Waals surface area (Å²) in [6.07, 6.45) is 4.19. The number of hydrogen-bond acceptors (Lipinski definition) is 3. The quantitative estimate of drug-likeness (QED) is 0.820. The van der Waals surface area contributed by atoms with E-state index in [9.17, 15) is 9.90 Å². The van der Waals surface area contributed by atoms with Crippen molar-refractivity contribution in [3.63, 3.8) is 0 Å². The van der Waals surface area contributed by atoms with Crippen molar-refractivity contribution in [2.45, 2.75) is 38.3 Å². The zero-order valence-electron chi connectivity index (χ0n) is 17.4. The van der Waals surface area contributed by atoms with Crippen molar-refractivity contribution < 1.29 is 9.90 Å². The van der Waals surface area contributed by atoms with Crippen molar-refractivity contribution in [3.05, 3.63) is 64.7 Å². The number of phenolic OH excluding ortho intramolecular Hbond substituents is 1. The maximum atomic E-state index is 12.8. The highest BCUT2D eigenvalue weighted by molar-refractivity contribution is 5.73. The molecule has 0 fully saturated rings. The molecule has 2 N–H and O–H groups in total. The van der Waals surface area contributed by atoms with Crippen molar-refractivity contribution in [1.82, 2.24) is 15.1 Å². The second-order valence-electron chi connectivity index (χ2n) is 8.65. The van der Waals surface area contributed by atoms with Gasteiger partial charge in [-0.2, -0.15) is 0 Å². The fourth-order valence-electron chi connectivity index (χ4n) is 4.72. The Hall–Kier alpha value is -2.53. The maximum absolute atomic E-state index is 12.8. The Morgan fingerprint density at radius 2 is 1.69 bits per heavy atom. The Kier molecular flexibility index (Phi) is 5.76. The number of carbonyl (C=O) groups is 1. The molecule has 2 aliphatic rings. The molecule has 1 atom stereocenters. The number of hydrogen-bond donors (Lipinski definition) is 2. The van der Waals surface area contributed by atoms with Gasteiger partial charge in [0.2, 0.25) is 0 Å². The van der Waals surface area contributed by atoms with Gasteiger partial charge in [-0.25, -0.2) is 4.79 Å². The number of benzene rings is 2. The third-order valence-corrected chi connectivity index (χ3v) is 6.39. The van der Waals surface area contributed by atoms with Gasteiger partial charge in [0.1, 0.15) is 5.75 Å². The Morgan fingerprint density at radius 3 is 2.41 bits per heavy atom. The summed E-state index contributed by atoms with van der Waals surface area (Å²) in [4.78, 5) is 16.5. The molecular formula is C24H31N3O2. The molecule has 2 aromatic carbocycles. The van der Waals surface area contributed by atoms with Gasteiger partial charge in [-0.1, -0.05) is 30.3 Å². The van der Waals surface area contributed by atoms with Gasteiger partial charge in [0.15, 0.2) is 0 Å². The lowest BCUT2D eigenvalue weighted by Crippen LogP contribution is -2.48. The molecule has 29 heavy (non-hydrogen) atoms. The largest absolute Gasteiger partial charge is 0.508 e. The van der Waals surface area contributed by atoms with Crippen LogP contribution in [0.4, 0.5) is 4.79 Å². The van der Waals surface area contributed by atoms with E-state index in [2.05, 4.69) is 29.6 Å². The van der Waals surface area contributed by atoms with E-state index in [-0.39, 0.29) is 12.1 Å². The van der Waals surface area contributed by atoms with Gasteiger partial charge in [0, 0.05) is 39.8 Å². The summed E-state index contributed by atoms with van der Waals surface area (Å²) in [5, 5.41) is 13.1. The highest BCUT2D eigenvalue weighted by atomic mass is 16.3. The lowest BCUT2D eigenvalue weighted by atomic mass is 9.95. The Bertz CT molecular complexity index is 857. The van der Waals surface area contributed by atoms with E-state index < -0.39 is 0 Å². The van der Waals surface area contributed by atoms with Gasteiger partial charge in [-0.05, 0) is 66.0 Å². The summed E-state index contributed by atoms with van der Waals surface area (Å²) in [5.41, 5.74) is 5.34. The van der Waals surface area contributed by atoms with Crippen LogP contribution in [0.15, 0.2) is 42.5 Å². The summed E-state index contributed by atoms with van der Waals surface area (Å²) >= 11 is 0. The highest BCUT2D eigenvalue weighted by Crippen LogP contribution is 2.28. The number of rotatable bonds is 5. The minimum atomic E-state index is 0.0822. The molecule has 154 valence electrons. The number of fused-ring (bicyclic) bond motifs is 2. The Morgan fingerprint density at radius 1 is 1.00 bits per heavy atom. The number of nitrogens with zero attached hydrogens (tertiary/aromatic N) is 2. The van der Waals surface area contributed by atoms with Crippen LogP contribution in [-0.2, 0) is 25.8 Å². The molecule has 2 amide bonds. The van der Waals surface area contributed by atoms with Gasteiger partial charge in [0.05, 0.1) is 0 Å². The van der Waals surface area contributed by atoms with Crippen molar-refractivity contribution in [3.8, 4) is 5.75 Å². The third-order valence-electron chi connectivity index (χ3n) is 6.39. The zero-order valence-corrected chi connectivity index (χ0v) is 17.4. The van der Waals surface area contributed by atoms with Crippen LogP contribution in [0.25, 0.3) is 0 Å². The van der Waals surface area contributed by atoms with Crippen LogP contribution >= 0.6 is 0 Å². The van der Waals surface area contributed by atoms with E-state index in [0.717, 1.165) is 44.3 Å². The van der Waals surface area contributed by atoms with E-state index in [1.807, 2.05) is 36.0 Å². The summed E-state index contributed by atoms with van der Waals surface area (Å²) in [6, 6.07) is 14.6. The molecule has 0 bridgehead atoms. The highest BCUT2D eigenvalue weighted by Gasteiger charge is 2.25. The molecule has 4 rings (SSSR count). The second-order valence-corrected chi connectivity index (χ2v) is 8.65. The second kappa shape index (κ2) is 8.46. The molecule has 5 heteroatoms. The predicted octanol–water partition coefficient (Wildman–Crippen LogP) is 3.20. The van der Waals surface area contributed by atoms with Crippen LogP contribution in [0, 0.1) is 5.92 Å². The number of likely N-dealkylation sites (N-methyl/N-ethyl adjacent to an activating group) is 1. The summed E-state index contributed by atoms with van der Waals surface area (Å²) in [6.45, 7) is 2.20. The maximum Gasteiger partial charge on any atom is 0.319 e. The topological polar surface area (TPSA) is 55.8 Å². The number of aromatic hydroxyl groups is 1. The molecule has 0 radical (unpaired) electrons. The van der Waals surface area contributed by atoms with Crippen LogP contribution < -0.4 is 5.32 Å². The molecule has 0 saturated heterocycles. The van der Waals surface area contributed by atoms with Crippen molar-refractivity contribution in [2.24, 2.45) is 5.92 Å². The molecule has 0 unspecified atom stereocenters. The molecule has 0 saturated carbocycles. The van der Waals surface area contributed by atoms with E-state index in [1.54, 1.807) is 6.07 Å². The van der Waals surface area contributed by atoms with E-state index >= 15 is 0 Å². The monoisotopic (exact) mass is 393 g/mol. The summed E-state index contributed by atoms with van der Waals surface area (Å²) < 4.78 is 0. The first-order valence-corrected chi connectivity index (χ1v) is 10.6. The average Bonchev–Trinajstić information content (AvgIpc) is 3.14. The molecule has 1 aliphatic carbocycles. The molecule has 1 aliphatic heterocycles. The first-order chi connectivity index (χ1) is 14.0. The minimum absolute atomic E-state index is 0.0822. The van der Waals surface area contributed by atoms with Crippen LogP contribution in [0.5, 0.6) is 5.75 Å². The molecule has 2 aromatic rings. The van der Waals surface area contributed by atoms with Crippen molar-refractivity contribution in [1.29, 1.82) is 0 Å². The van der Waals surface area contributed by atoms with E-state index in [1.165, 1.54) is 16.7 Å². The first-order valence-electron chi connectivity index (χ1n) is 10.6. The SMILES string of the molecule is CN(CCC1Cc2ccccc2C1)C(=O)N(C)C[C@@H]1Cc2ccc(O)cc2CN1.